The van der Waals surface area contributed by atoms with Crippen LogP contribution in [0.4, 0.5) is 5.69 Å². The minimum absolute atomic E-state index is 0.316. The Balaban J connectivity index is 1.69. The van der Waals surface area contributed by atoms with Crippen LogP contribution >= 0.6 is 34.8 Å². The average Bonchev–Trinajstić information content (AvgIpc) is 2.62. The van der Waals surface area contributed by atoms with E-state index in [0.717, 1.165) is 22.6 Å². The van der Waals surface area contributed by atoms with E-state index < -0.39 is 0 Å². The maximum absolute atomic E-state index is 6.20. The standard InChI is InChI=1S/C20H16Cl3NO/c21-15-8-10-16(11-9-15)24-12-14-4-1-2-7-20(14)25-13-17-18(22)5-3-6-19(17)23/h1-11,24H,12-13H2. The number of benzene rings is 3. The molecule has 0 fully saturated rings. The zero-order chi connectivity index (χ0) is 17.6. The van der Waals surface area contributed by atoms with Gasteiger partial charge in [0.05, 0.1) is 0 Å². The Kier molecular flexibility index (Phi) is 6.09. The summed E-state index contributed by atoms with van der Waals surface area (Å²) in [6.07, 6.45) is 0. The molecule has 0 aromatic heterocycles. The molecule has 3 aromatic carbocycles. The zero-order valence-corrected chi connectivity index (χ0v) is 15.6. The lowest BCUT2D eigenvalue weighted by Crippen LogP contribution is -2.04. The van der Waals surface area contributed by atoms with Gasteiger partial charge < -0.3 is 10.1 Å². The van der Waals surface area contributed by atoms with Gasteiger partial charge in [0.2, 0.25) is 0 Å². The Morgan fingerprint density at radius 2 is 1.44 bits per heavy atom. The van der Waals surface area contributed by atoms with Crippen LogP contribution in [0, 0.1) is 0 Å². The van der Waals surface area contributed by atoms with Crippen LogP contribution in [0.25, 0.3) is 0 Å². The minimum atomic E-state index is 0.316. The fourth-order valence-electron chi connectivity index (χ4n) is 2.38. The van der Waals surface area contributed by atoms with Gasteiger partial charge in [0.25, 0.3) is 0 Å². The summed E-state index contributed by atoms with van der Waals surface area (Å²) in [5.74, 6) is 0.792. The number of hydrogen-bond acceptors (Lipinski definition) is 2. The van der Waals surface area contributed by atoms with Crippen LogP contribution in [0.3, 0.4) is 0 Å². The molecule has 3 aromatic rings. The summed E-state index contributed by atoms with van der Waals surface area (Å²) in [5.41, 5.74) is 2.82. The third-order valence-electron chi connectivity index (χ3n) is 3.73. The van der Waals surface area contributed by atoms with Gasteiger partial charge >= 0.3 is 0 Å². The Labute approximate surface area is 162 Å². The molecule has 0 spiro atoms. The number of halogens is 3. The summed E-state index contributed by atoms with van der Waals surface area (Å²) < 4.78 is 5.96. The van der Waals surface area contributed by atoms with Gasteiger partial charge in [-0.3, -0.25) is 0 Å². The molecule has 5 heteroatoms. The van der Waals surface area contributed by atoms with E-state index in [-0.39, 0.29) is 0 Å². The quantitative estimate of drug-likeness (QED) is 0.496. The number of anilines is 1. The number of rotatable bonds is 6. The van der Waals surface area contributed by atoms with Crippen molar-refractivity contribution in [2.75, 3.05) is 5.32 Å². The molecule has 25 heavy (non-hydrogen) atoms. The molecule has 128 valence electrons. The van der Waals surface area contributed by atoms with Crippen molar-refractivity contribution >= 4 is 40.5 Å². The van der Waals surface area contributed by atoms with Crippen molar-refractivity contribution in [2.45, 2.75) is 13.2 Å². The zero-order valence-electron chi connectivity index (χ0n) is 13.3. The molecule has 0 saturated heterocycles. The lowest BCUT2D eigenvalue weighted by molar-refractivity contribution is 0.303. The van der Waals surface area contributed by atoms with Crippen molar-refractivity contribution in [2.24, 2.45) is 0 Å². The SMILES string of the molecule is Clc1ccc(NCc2ccccc2OCc2c(Cl)cccc2Cl)cc1. The van der Waals surface area contributed by atoms with Gasteiger partial charge in [0.1, 0.15) is 12.4 Å². The molecular formula is C20H16Cl3NO. The monoisotopic (exact) mass is 391 g/mol. The highest BCUT2D eigenvalue weighted by Crippen LogP contribution is 2.27. The summed E-state index contributed by atoms with van der Waals surface area (Å²) in [5, 5.41) is 5.27. The van der Waals surface area contributed by atoms with E-state index in [0.29, 0.717) is 28.2 Å². The number of hydrogen-bond donors (Lipinski definition) is 1. The fourth-order valence-corrected chi connectivity index (χ4v) is 3.01. The highest BCUT2D eigenvalue weighted by atomic mass is 35.5. The molecule has 0 atom stereocenters. The van der Waals surface area contributed by atoms with Crippen molar-refractivity contribution < 1.29 is 4.74 Å². The molecule has 0 aliphatic heterocycles. The highest BCUT2D eigenvalue weighted by molar-refractivity contribution is 6.35. The van der Waals surface area contributed by atoms with Crippen molar-refractivity contribution in [3.63, 3.8) is 0 Å². The first-order valence-corrected chi connectivity index (χ1v) is 8.90. The molecule has 2 nitrogen and oxygen atoms in total. The molecular weight excluding hydrogens is 377 g/mol. The van der Waals surface area contributed by atoms with Gasteiger partial charge in [0.15, 0.2) is 0 Å². The second-order valence-electron chi connectivity index (χ2n) is 5.46. The molecule has 0 radical (unpaired) electrons. The summed E-state index contributed by atoms with van der Waals surface area (Å²) >= 11 is 18.3. The predicted octanol–water partition coefficient (Wildman–Crippen LogP) is 6.84. The van der Waals surface area contributed by atoms with Crippen molar-refractivity contribution in [1.82, 2.24) is 0 Å². The van der Waals surface area contributed by atoms with Gasteiger partial charge in [-0.25, -0.2) is 0 Å². The fraction of sp³-hybridized carbons (Fsp3) is 0.100. The second-order valence-corrected chi connectivity index (χ2v) is 6.71. The van der Waals surface area contributed by atoms with E-state index >= 15 is 0 Å². The Morgan fingerprint density at radius 1 is 0.760 bits per heavy atom. The predicted molar refractivity (Wildman–Crippen MR) is 106 cm³/mol. The van der Waals surface area contributed by atoms with Gasteiger partial charge in [-0.15, -0.1) is 0 Å². The number of para-hydroxylation sites is 1. The first kappa shape index (κ1) is 17.9. The largest absolute Gasteiger partial charge is 0.488 e. The van der Waals surface area contributed by atoms with E-state index in [2.05, 4.69) is 5.32 Å². The molecule has 1 N–H and O–H groups in total. The average molecular weight is 393 g/mol. The third kappa shape index (κ3) is 4.82. The Morgan fingerprint density at radius 3 is 2.16 bits per heavy atom. The molecule has 0 unspecified atom stereocenters. The van der Waals surface area contributed by atoms with Gasteiger partial charge in [0, 0.05) is 38.4 Å². The smallest absolute Gasteiger partial charge is 0.124 e. The van der Waals surface area contributed by atoms with Crippen molar-refractivity contribution in [3.8, 4) is 5.75 Å². The highest BCUT2D eigenvalue weighted by Gasteiger charge is 2.08. The second kappa shape index (κ2) is 8.48. The molecule has 0 saturated carbocycles. The van der Waals surface area contributed by atoms with Crippen LogP contribution in [0.15, 0.2) is 66.7 Å². The molecule has 0 aliphatic carbocycles. The van der Waals surface area contributed by atoms with Crippen LogP contribution in [0.1, 0.15) is 11.1 Å². The summed E-state index contributed by atoms with van der Waals surface area (Å²) in [6.45, 7) is 0.949. The third-order valence-corrected chi connectivity index (χ3v) is 4.69. The van der Waals surface area contributed by atoms with Crippen LogP contribution in [-0.4, -0.2) is 0 Å². The van der Waals surface area contributed by atoms with Gasteiger partial charge in [-0.2, -0.15) is 0 Å². The van der Waals surface area contributed by atoms with Crippen molar-refractivity contribution in [3.05, 3.63) is 92.9 Å². The summed E-state index contributed by atoms with van der Waals surface area (Å²) in [7, 11) is 0. The Hall–Kier alpha value is -1.87. The summed E-state index contributed by atoms with van der Waals surface area (Å²) in [4.78, 5) is 0. The van der Waals surface area contributed by atoms with E-state index in [9.17, 15) is 0 Å². The van der Waals surface area contributed by atoms with Crippen LogP contribution in [0.2, 0.25) is 15.1 Å². The van der Waals surface area contributed by atoms with E-state index in [4.69, 9.17) is 39.5 Å². The molecule has 0 bridgehead atoms. The van der Waals surface area contributed by atoms with Crippen molar-refractivity contribution in [1.29, 1.82) is 0 Å². The van der Waals surface area contributed by atoms with Crippen LogP contribution in [-0.2, 0) is 13.2 Å². The summed E-state index contributed by atoms with van der Waals surface area (Å²) in [6, 6.07) is 20.9. The molecule has 0 heterocycles. The lowest BCUT2D eigenvalue weighted by Gasteiger charge is -2.14. The molecule has 0 aliphatic rings. The maximum Gasteiger partial charge on any atom is 0.124 e. The van der Waals surface area contributed by atoms with E-state index in [1.165, 1.54) is 0 Å². The normalized spacial score (nSPS) is 10.5. The van der Waals surface area contributed by atoms with E-state index in [1.807, 2.05) is 54.6 Å². The first-order valence-electron chi connectivity index (χ1n) is 7.76. The number of nitrogens with one attached hydrogen (secondary N) is 1. The van der Waals surface area contributed by atoms with Crippen LogP contribution in [0.5, 0.6) is 5.75 Å². The van der Waals surface area contributed by atoms with Gasteiger partial charge in [-0.05, 0) is 42.5 Å². The lowest BCUT2D eigenvalue weighted by atomic mass is 10.2. The topological polar surface area (TPSA) is 21.3 Å². The Bertz CT molecular complexity index is 830. The minimum Gasteiger partial charge on any atom is -0.488 e. The maximum atomic E-state index is 6.20. The van der Waals surface area contributed by atoms with E-state index in [1.54, 1.807) is 12.1 Å². The molecule has 3 rings (SSSR count). The molecule has 0 amide bonds. The van der Waals surface area contributed by atoms with Gasteiger partial charge in [-0.1, -0.05) is 59.1 Å². The number of ether oxygens (including phenoxy) is 1. The van der Waals surface area contributed by atoms with Crippen LogP contribution < -0.4 is 10.1 Å². The first-order chi connectivity index (χ1) is 12.1.